The first-order chi connectivity index (χ1) is 23.1. The number of carbonyl (C=O) groups is 3. The molecule has 0 saturated carbocycles. The quantitative estimate of drug-likeness (QED) is 0.122. The Bertz CT molecular complexity index is 1640. The number of amides is 2. The summed E-state index contributed by atoms with van der Waals surface area (Å²) in [4.78, 5) is 56.4. The van der Waals surface area contributed by atoms with Gasteiger partial charge in [-0.1, -0.05) is 58.9 Å². The van der Waals surface area contributed by atoms with Crippen LogP contribution in [0.2, 0.25) is 0 Å². The number of fused-ring (bicyclic) bond motifs is 4. The molecule has 3 atom stereocenters. The highest BCUT2D eigenvalue weighted by Crippen LogP contribution is 2.51. The summed E-state index contributed by atoms with van der Waals surface area (Å²) in [5, 5.41) is 10.9. The van der Waals surface area contributed by atoms with Gasteiger partial charge in [-0.15, -0.1) is 0 Å². The van der Waals surface area contributed by atoms with E-state index in [4.69, 9.17) is 14.9 Å². The molecule has 2 aliphatic heterocycles. The number of carbonyl (C=O) groups excluding carboxylic acids is 3. The third-order valence-corrected chi connectivity index (χ3v) is 10.3. The second kappa shape index (κ2) is 15.6. The maximum Gasteiger partial charge on any atom is 0.514 e. The van der Waals surface area contributed by atoms with Crippen molar-refractivity contribution in [3.8, 4) is 5.75 Å². The van der Waals surface area contributed by atoms with Crippen LogP contribution in [0.5, 0.6) is 5.75 Å². The third-order valence-electron chi connectivity index (χ3n) is 10.3. The van der Waals surface area contributed by atoms with Gasteiger partial charge in [-0.05, 0) is 63.9 Å². The summed E-state index contributed by atoms with van der Waals surface area (Å²) in [5.41, 5.74) is -2.72. The van der Waals surface area contributed by atoms with E-state index in [1.807, 2.05) is 20.8 Å². The average molecular weight is 685 g/mol. The predicted octanol–water partition coefficient (Wildman–Crippen LogP) is 7.36. The van der Waals surface area contributed by atoms with E-state index in [0.29, 0.717) is 43.4 Å². The van der Waals surface area contributed by atoms with E-state index < -0.39 is 57.3 Å². The molecule has 1 saturated heterocycles. The zero-order valence-electron chi connectivity index (χ0n) is 29.5. The van der Waals surface area contributed by atoms with Gasteiger partial charge in [0, 0.05) is 42.7 Å². The molecular formula is C37H50F2N4O6. The summed E-state index contributed by atoms with van der Waals surface area (Å²) in [6.45, 7) is 11.9. The van der Waals surface area contributed by atoms with Gasteiger partial charge in [0.05, 0.1) is 12.1 Å². The van der Waals surface area contributed by atoms with Crippen LogP contribution in [0, 0.1) is 28.4 Å². The molecule has 1 aromatic heterocycles. The molecule has 1 fully saturated rings. The number of rotatable bonds is 14. The molecule has 3 heterocycles. The number of benzene rings is 1. The summed E-state index contributed by atoms with van der Waals surface area (Å²) in [7, 11) is 0. The van der Waals surface area contributed by atoms with E-state index in [9.17, 15) is 28.0 Å². The molecule has 0 unspecified atom stereocenters. The van der Waals surface area contributed by atoms with Crippen molar-refractivity contribution in [2.75, 3.05) is 13.2 Å². The zero-order chi connectivity index (χ0) is 36.1. The Morgan fingerprint density at radius 2 is 1.80 bits per heavy atom. The molecule has 0 spiro atoms. The minimum Gasteiger partial charge on any atom is -0.434 e. The SMILES string of the molecule is CC(=N)C[C@@]1(C)CC[C@H](C)N2C[C@@]1(C)n1cc(C(=O)NCc3ccc(F)cc3F)c(=O)c(OC(=O)OCCCCCCCC(C)C)c1C2=O. The molecule has 12 heteroatoms. The van der Waals surface area contributed by atoms with Crippen LogP contribution in [0.1, 0.15) is 126 Å². The van der Waals surface area contributed by atoms with Crippen LogP contribution in [-0.2, 0) is 16.8 Å². The summed E-state index contributed by atoms with van der Waals surface area (Å²) >= 11 is 0. The lowest BCUT2D eigenvalue weighted by Crippen LogP contribution is -2.60. The molecule has 2 amide bonds. The Morgan fingerprint density at radius 1 is 1.10 bits per heavy atom. The molecule has 10 nitrogen and oxygen atoms in total. The predicted molar refractivity (Wildman–Crippen MR) is 182 cm³/mol. The Morgan fingerprint density at radius 3 is 2.47 bits per heavy atom. The van der Waals surface area contributed by atoms with Gasteiger partial charge in [0.15, 0.2) is 5.69 Å². The van der Waals surface area contributed by atoms with Gasteiger partial charge in [-0.2, -0.15) is 0 Å². The molecule has 1 aromatic carbocycles. The van der Waals surface area contributed by atoms with Crippen LogP contribution < -0.4 is 15.5 Å². The van der Waals surface area contributed by atoms with Crippen LogP contribution in [0.15, 0.2) is 29.2 Å². The van der Waals surface area contributed by atoms with E-state index in [1.165, 1.54) is 12.3 Å². The van der Waals surface area contributed by atoms with Gasteiger partial charge in [-0.3, -0.25) is 14.4 Å². The topological polar surface area (TPSA) is 131 Å². The minimum atomic E-state index is -1.17. The van der Waals surface area contributed by atoms with Crippen molar-refractivity contribution in [1.29, 1.82) is 5.41 Å². The van der Waals surface area contributed by atoms with Gasteiger partial charge in [0.2, 0.25) is 11.2 Å². The highest BCUT2D eigenvalue weighted by molar-refractivity contribution is 6.00. The summed E-state index contributed by atoms with van der Waals surface area (Å²) in [6.07, 6.45) is 7.61. The minimum absolute atomic E-state index is 0.00245. The van der Waals surface area contributed by atoms with Gasteiger partial charge in [0.25, 0.3) is 11.8 Å². The van der Waals surface area contributed by atoms with Crippen LogP contribution in [-0.4, -0.2) is 52.3 Å². The number of ether oxygens (including phenoxy) is 2. The molecule has 0 radical (unpaired) electrons. The first-order valence-electron chi connectivity index (χ1n) is 17.3. The van der Waals surface area contributed by atoms with Crippen molar-refractivity contribution < 1.29 is 32.6 Å². The summed E-state index contributed by atoms with van der Waals surface area (Å²) in [6, 6.07) is 2.72. The lowest BCUT2D eigenvalue weighted by atomic mass is 9.65. The molecule has 2 N–H and O–H groups in total. The Labute approximate surface area is 287 Å². The Kier molecular flexibility index (Phi) is 12.0. The lowest BCUT2D eigenvalue weighted by Gasteiger charge is -2.52. The molecule has 268 valence electrons. The van der Waals surface area contributed by atoms with Gasteiger partial charge in [-0.25, -0.2) is 13.6 Å². The number of unbranched alkanes of at least 4 members (excludes halogenated alkanes) is 4. The van der Waals surface area contributed by atoms with Crippen molar-refractivity contribution in [2.45, 2.75) is 117 Å². The fourth-order valence-corrected chi connectivity index (χ4v) is 7.10. The van der Waals surface area contributed by atoms with Gasteiger partial charge in [0.1, 0.15) is 17.2 Å². The first kappa shape index (κ1) is 37.7. The number of nitrogens with one attached hydrogen (secondary N) is 2. The van der Waals surface area contributed by atoms with E-state index in [0.717, 1.165) is 38.2 Å². The standard InChI is InChI=1S/C37H50F2N4O6/c1-23(2)12-10-8-7-9-11-17-48-35(47)49-32-30-34(46)42-22-37(6,36(5,19-24(3)40)16-15-25(42)4)43(30)21-28(31(32)44)33(45)41-20-26-13-14-27(38)18-29(26)39/h13-14,18,21,23,25,40H,7-12,15-17,19-20,22H2,1-6H3,(H,41,45)/t25-,36+,37+/m0/s1. The number of halogens is 2. The second-order valence-electron chi connectivity index (χ2n) is 14.6. The van der Waals surface area contributed by atoms with Crippen LogP contribution >= 0.6 is 0 Å². The second-order valence-corrected chi connectivity index (χ2v) is 14.6. The summed E-state index contributed by atoms with van der Waals surface area (Å²) < 4.78 is 40.2. The smallest absolute Gasteiger partial charge is 0.434 e. The van der Waals surface area contributed by atoms with E-state index >= 15 is 0 Å². The molecule has 2 aliphatic rings. The highest BCUT2D eigenvalue weighted by atomic mass is 19.1. The third kappa shape index (κ3) is 8.38. The largest absolute Gasteiger partial charge is 0.514 e. The number of hydrogen-bond donors (Lipinski definition) is 2. The fourth-order valence-electron chi connectivity index (χ4n) is 7.10. The van der Waals surface area contributed by atoms with Crippen molar-refractivity contribution >= 4 is 23.7 Å². The molecule has 0 aliphatic carbocycles. The number of aromatic nitrogens is 1. The normalized spacial score (nSPS) is 21.6. The van der Waals surface area contributed by atoms with Gasteiger partial charge >= 0.3 is 6.16 Å². The van der Waals surface area contributed by atoms with Crippen molar-refractivity contribution in [2.24, 2.45) is 11.3 Å². The van der Waals surface area contributed by atoms with E-state index in [2.05, 4.69) is 19.2 Å². The molecule has 49 heavy (non-hydrogen) atoms. The number of pyridine rings is 1. The number of hydrogen-bond acceptors (Lipinski definition) is 7. The van der Waals surface area contributed by atoms with Crippen molar-refractivity contribution in [3.05, 3.63) is 63.1 Å². The van der Waals surface area contributed by atoms with Crippen LogP contribution in [0.4, 0.5) is 13.6 Å². The van der Waals surface area contributed by atoms with Gasteiger partial charge < -0.3 is 29.7 Å². The zero-order valence-corrected chi connectivity index (χ0v) is 29.5. The van der Waals surface area contributed by atoms with Crippen LogP contribution in [0.3, 0.4) is 0 Å². The highest BCUT2D eigenvalue weighted by Gasteiger charge is 2.55. The van der Waals surface area contributed by atoms with Crippen molar-refractivity contribution in [3.63, 3.8) is 0 Å². The molecule has 2 aromatic rings. The Balaban J connectivity index is 1.70. The van der Waals surface area contributed by atoms with Crippen molar-refractivity contribution in [1.82, 2.24) is 14.8 Å². The fraction of sp³-hybridized carbons (Fsp3) is 0.595. The van der Waals surface area contributed by atoms with E-state index in [1.54, 1.807) is 16.4 Å². The number of nitrogens with zero attached hydrogens (tertiary/aromatic N) is 2. The first-order valence-corrected chi connectivity index (χ1v) is 17.3. The van der Waals surface area contributed by atoms with Crippen LogP contribution in [0.25, 0.3) is 0 Å². The maximum absolute atomic E-state index is 14.4. The Hall–Kier alpha value is -4.09. The van der Waals surface area contributed by atoms with E-state index in [-0.39, 0.29) is 37.0 Å². The maximum atomic E-state index is 14.4. The molecule has 4 rings (SSSR count). The lowest BCUT2D eigenvalue weighted by molar-refractivity contribution is 0.0221. The average Bonchev–Trinajstić information content (AvgIpc) is 3.10. The monoisotopic (exact) mass is 684 g/mol. The molecule has 2 bridgehead atoms. The molecular weight excluding hydrogens is 634 g/mol. The summed E-state index contributed by atoms with van der Waals surface area (Å²) in [5.74, 6) is -3.03.